The van der Waals surface area contributed by atoms with E-state index in [0.29, 0.717) is 12.3 Å². The van der Waals surface area contributed by atoms with Crippen molar-refractivity contribution in [1.82, 2.24) is 5.32 Å². The van der Waals surface area contributed by atoms with Crippen molar-refractivity contribution in [2.24, 2.45) is 5.73 Å². The van der Waals surface area contributed by atoms with E-state index in [9.17, 15) is 4.79 Å². The van der Waals surface area contributed by atoms with Gasteiger partial charge in [0.25, 0.3) is 0 Å². The topological polar surface area (TPSA) is 68.3 Å². The Bertz CT molecular complexity index is 344. The SMILES string of the molecule is CCCCC(CN)NC(=O)/C=C/c1ccco1. The van der Waals surface area contributed by atoms with Gasteiger partial charge in [-0.15, -0.1) is 0 Å². The number of amides is 1. The first kappa shape index (κ1) is 13.5. The number of unbranched alkanes of at least 4 members (excludes halogenated alkanes) is 1. The van der Waals surface area contributed by atoms with Crippen LogP contribution in [-0.2, 0) is 4.79 Å². The summed E-state index contributed by atoms with van der Waals surface area (Å²) in [6, 6.07) is 3.63. The van der Waals surface area contributed by atoms with Gasteiger partial charge >= 0.3 is 0 Å². The molecule has 0 saturated heterocycles. The molecule has 1 heterocycles. The average Bonchev–Trinajstić information content (AvgIpc) is 2.85. The zero-order chi connectivity index (χ0) is 12.5. The van der Waals surface area contributed by atoms with Crippen LogP contribution in [0, 0.1) is 0 Å². The minimum Gasteiger partial charge on any atom is -0.465 e. The number of hydrogen-bond acceptors (Lipinski definition) is 3. The van der Waals surface area contributed by atoms with Crippen LogP contribution in [0.1, 0.15) is 31.9 Å². The summed E-state index contributed by atoms with van der Waals surface area (Å²) in [5.41, 5.74) is 5.60. The van der Waals surface area contributed by atoms with Crippen molar-refractivity contribution >= 4 is 12.0 Å². The molecule has 17 heavy (non-hydrogen) atoms. The van der Waals surface area contributed by atoms with Crippen LogP contribution in [0.5, 0.6) is 0 Å². The van der Waals surface area contributed by atoms with E-state index in [2.05, 4.69) is 12.2 Å². The Morgan fingerprint density at radius 1 is 1.65 bits per heavy atom. The molecule has 0 saturated carbocycles. The predicted molar refractivity (Wildman–Crippen MR) is 68.3 cm³/mol. The first-order chi connectivity index (χ1) is 8.26. The Morgan fingerprint density at radius 2 is 2.47 bits per heavy atom. The van der Waals surface area contributed by atoms with Crippen LogP contribution in [-0.4, -0.2) is 18.5 Å². The maximum atomic E-state index is 11.6. The van der Waals surface area contributed by atoms with Crippen LogP contribution in [0.25, 0.3) is 6.08 Å². The lowest BCUT2D eigenvalue weighted by Gasteiger charge is -2.14. The largest absolute Gasteiger partial charge is 0.465 e. The lowest BCUT2D eigenvalue weighted by Crippen LogP contribution is -2.39. The van der Waals surface area contributed by atoms with Gasteiger partial charge in [-0.3, -0.25) is 4.79 Å². The highest BCUT2D eigenvalue weighted by atomic mass is 16.3. The molecular weight excluding hydrogens is 216 g/mol. The Labute approximate surface area is 102 Å². The van der Waals surface area contributed by atoms with Crippen molar-refractivity contribution in [2.75, 3.05) is 6.54 Å². The molecule has 0 bridgehead atoms. The summed E-state index contributed by atoms with van der Waals surface area (Å²) < 4.78 is 5.09. The van der Waals surface area contributed by atoms with Crippen LogP contribution in [0.15, 0.2) is 28.9 Å². The molecule has 1 atom stereocenters. The van der Waals surface area contributed by atoms with Gasteiger partial charge in [0, 0.05) is 18.7 Å². The van der Waals surface area contributed by atoms with Crippen LogP contribution in [0.4, 0.5) is 0 Å². The minimum atomic E-state index is -0.132. The van der Waals surface area contributed by atoms with E-state index in [1.54, 1.807) is 24.5 Å². The third kappa shape index (κ3) is 5.36. The highest BCUT2D eigenvalue weighted by Gasteiger charge is 2.07. The van der Waals surface area contributed by atoms with Gasteiger partial charge in [0.05, 0.1) is 6.26 Å². The minimum absolute atomic E-state index is 0.0590. The summed E-state index contributed by atoms with van der Waals surface area (Å²) in [6.07, 6.45) is 7.78. The van der Waals surface area contributed by atoms with E-state index in [1.165, 1.54) is 6.08 Å². The molecule has 1 unspecified atom stereocenters. The molecule has 1 aromatic rings. The molecule has 0 aromatic carbocycles. The van der Waals surface area contributed by atoms with Gasteiger partial charge in [-0.25, -0.2) is 0 Å². The van der Waals surface area contributed by atoms with E-state index >= 15 is 0 Å². The predicted octanol–water partition coefficient (Wildman–Crippen LogP) is 1.93. The Kier molecular flexibility index (Phi) is 6.10. The first-order valence-corrected chi connectivity index (χ1v) is 5.98. The van der Waals surface area contributed by atoms with Gasteiger partial charge in [-0.05, 0) is 24.6 Å². The van der Waals surface area contributed by atoms with Crippen LogP contribution >= 0.6 is 0 Å². The molecule has 4 nitrogen and oxygen atoms in total. The van der Waals surface area contributed by atoms with Crippen molar-refractivity contribution in [3.05, 3.63) is 30.2 Å². The number of nitrogens with one attached hydrogen (secondary N) is 1. The molecule has 1 amide bonds. The molecule has 0 radical (unpaired) electrons. The van der Waals surface area contributed by atoms with E-state index < -0.39 is 0 Å². The Morgan fingerprint density at radius 3 is 3.06 bits per heavy atom. The standard InChI is InChI=1S/C13H20N2O2/c1-2-3-5-11(10-14)15-13(16)8-7-12-6-4-9-17-12/h4,6-9,11H,2-3,5,10,14H2,1H3,(H,15,16)/b8-7+. The Balaban J connectivity index is 2.37. The quantitative estimate of drug-likeness (QED) is 0.711. The summed E-state index contributed by atoms with van der Waals surface area (Å²) in [5, 5.41) is 2.87. The van der Waals surface area contributed by atoms with Gasteiger partial charge in [0.1, 0.15) is 5.76 Å². The highest BCUT2D eigenvalue weighted by molar-refractivity contribution is 5.91. The van der Waals surface area contributed by atoms with Gasteiger partial charge < -0.3 is 15.5 Å². The third-order valence-corrected chi connectivity index (χ3v) is 2.48. The molecule has 0 spiro atoms. The molecule has 4 heteroatoms. The normalized spacial score (nSPS) is 12.8. The monoisotopic (exact) mass is 236 g/mol. The second kappa shape index (κ2) is 7.68. The molecule has 1 aromatic heterocycles. The molecule has 0 fully saturated rings. The fourth-order valence-electron chi connectivity index (χ4n) is 1.49. The summed E-state index contributed by atoms with van der Waals surface area (Å²) >= 11 is 0. The number of hydrogen-bond donors (Lipinski definition) is 2. The zero-order valence-electron chi connectivity index (χ0n) is 10.2. The number of carbonyl (C=O) groups excluding carboxylic acids is 1. The summed E-state index contributed by atoms with van der Waals surface area (Å²) in [4.78, 5) is 11.6. The van der Waals surface area contributed by atoms with E-state index in [4.69, 9.17) is 10.2 Å². The van der Waals surface area contributed by atoms with Crippen molar-refractivity contribution in [3.8, 4) is 0 Å². The molecule has 0 aliphatic carbocycles. The molecular formula is C13H20N2O2. The van der Waals surface area contributed by atoms with Crippen molar-refractivity contribution < 1.29 is 9.21 Å². The smallest absolute Gasteiger partial charge is 0.244 e. The molecule has 0 aliphatic rings. The zero-order valence-corrected chi connectivity index (χ0v) is 10.2. The van der Waals surface area contributed by atoms with Crippen molar-refractivity contribution in [1.29, 1.82) is 0 Å². The van der Waals surface area contributed by atoms with Gasteiger partial charge in [-0.2, -0.15) is 0 Å². The van der Waals surface area contributed by atoms with Crippen LogP contribution < -0.4 is 11.1 Å². The maximum absolute atomic E-state index is 11.6. The maximum Gasteiger partial charge on any atom is 0.244 e. The molecule has 3 N–H and O–H groups in total. The van der Waals surface area contributed by atoms with Gasteiger partial charge in [0.2, 0.25) is 5.91 Å². The second-order valence-electron chi connectivity index (χ2n) is 3.93. The second-order valence-corrected chi connectivity index (χ2v) is 3.93. The lowest BCUT2D eigenvalue weighted by molar-refractivity contribution is -0.117. The fourth-order valence-corrected chi connectivity index (χ4v) is 1.49. The molecule has 0 aliphatic heterocycles. The van der Waals surface area contributed by atoms with Crippen LogP contribution in [0.3, 0.4) is 0 Å². The highest BCUT2D eigenvalue weighted by Crippen LogP contribution is 2.03. The van der Waals surface area contributed by atoms with Crippen molar-refractivity contribution in [2.45, 2.75) is 32.2 Å². The van der Waals surface area contributed by atoms with E-state index in [1.807, 2.05) is 0 Å². The average molecular weight is 236 g/mol. The van der Waals surface area contributed by atoms with Crippen LogP contribution in [0.2, 0.25) is 0 Å². The summed E-state index contributed by atoms with van der Waals surface area (Å²) in [5.74, 6) is 0.533. The van der Waals surface area contributed by atoms with Gasteiger partial charge in [-0.1, -0.05) is 19.8 Å². The van der Waals surface area contributed by atoms with Gasteiger partial charge in [0.15, 0.2) is 0 Å². The Hall–Kier alpha value is -1.55. The lowest BCUT2D eigenvalue weighted by atomic mass is 10.1. The summed E-state index contributed by atoms with van der Waals surface area (Å²) in [7, 11) is 0. The fraction of sp³-hybridized carbons (Fsp3) is 0.462. The van der Waals surface area contributed by atoms with E-state index in [-0.39, 0.29) is 11.9 Å². The number of rotatable bonds is 7. The number of carbonyl (C=O) groups is 1. The van der Waals surface area contributed by atoms with E-state index in [0.717, 1.165) is 19.3 Å². The summed E-state index contributed by atoms with van der Waals surface area (Å²) in [6.45, 7) is 2.59. The first-order valence-electron chi connectivity index (χ1n) is 5.98. The molecule has 1 rings (SSSR count). The number of furan rings is 1. The number of nitrogens with two attached hydrogens (primary N) is 1. The third-order valence-electron chi connectivity index (χ3n) is 2.48. The molecule has 94 valence electrons. The van der Waals surface area contributed by atoms with Crippen molar-refractivity contribution in [3.63, 3.8) is 0 Å².